The fraction of sp³-hybridized carbons (Fsp3) is 0.667. The second-order valence-electron chi connectivity index (χ2n) is 12.1. The van der Waals surface area contributed by atoms with Gasteiger partial charge in [0.05, 0.1) is 18.2 Å². The fourth-order valence-corrected chi connectivity index (χ4v) is 8.69. The van der Waals surface area contributed by atoms with Crippen LogP contribution in [0.15, 0.2) is 35.9 Å². The lowest BCUT2D eigenvalue weighted by Gasteiger charge is -2.59. The second-order valence-corrected chi connectivity index (χ2v) is 12.1. The number of hydrogen-bond donors (Lipinski definition) is 1. The van der Waals surface area contributed by atoms with E-state index in [1.807, 2.05) is 12.1 Å². The summed E-state index contributed by atoms with van der Waals surface area (Å²) in [5, 5.41) is 20.4. The van der Waals surface area contributed by atoms with Gasteiger partial charge in [-0.1, -0.05) is 37.6 Å². The molecule has 7 atom stereocenters. The quantitative estimate of drug-likeness (QED) is 0.435. The summed E-state index contributed by atoms with van der Waals surface area (Å²) < 4.78 is 12.1. The van der Waals surface area contributed by atoms with Crippen molar-refractivity contribution in [3.8, 4) is 6.07 Å². The number of benzene rings is 1. The van der Waals surface area contributed by atoms with Gasteiger partial charge in [-0.15, -0.1) is 0 Å². The van der Waals surface area contributed by atoms with Gasteiger partial charge in [0.25, 0.3) is 0 Å². The van der Waals surface area contributed by atoms with Gasteiger partial charge in [-0.3, -0.25) is 4.79 Å². The maximum Gasteiger partial charge on any atom is 0.169 e. The molecule has 5 rings (SSSR count). The molecular formula is C30H39NO4. The highest BCUT2D eigenvalue weighted by atomic mass is 16.6. The van der Waals surface area contributed by atoms with Crippen molar-refractivity contribution in [2.45, 2.75) is 90.1 Å². The standard InChI is InChI=1S/C30H39NO4/c1-20(32)30(34-4)14-12-26-24-10-9-23-17-29(33,35-19-22-7-5-21(18-31)6-8-22)16-15-27(23,2)25(24)11-13-28(26,30)3/h5-9,24-26,33H,10-17,19H2,1-4H3/t24-,25+,26+,27+,28+,29?,30+/m1/s1. The van der Waals surface area contributed by atoms with Crippen LogP contribution >= 0.6 is 0 Å². The minimum absolute atomic E-state index is 0.0722. The molecule has 1 aromatic carbocycles. The molecule has 0 aromatic heterocycles. The number of nitrogens with zero attached hydrogens (tertiary/aromatic N) is 1. The van der Waals surface area contributed by atoms with E-state index in [-0.39, 0.29) is 16.6 Å². The highest BCUT2D eigenvalue weighted by Crippen LogP contribution is 2.68. The van der Waals surface area contributed by atoms with Crippen LogP contribution in [0.2, 0.25) is 0 Å². The largest absolute Gasteiger partial charge is 0.370 e. The third kappa shape index (κ3) is 3.64. The summed E-state index contributed by atoms with van der Waals surface area (Å²) in [4.78, 5) is 12.8. The molecule has 1 aromatic rings. The summed E-state index contributed by atoms with van der Waals surface area (Å²) >= 11 is 0. The Morgan fingerprint density at radius 2 is 1.83 bits per heavy atom. The minimum atomic E-state index is -1.15. The molecule has 0 amide bonds. The predicted molar refractivity (Wildman–Crippen MR) is 133 cm³/mol. The number of carbonyl (C=O) groups is 1. The lowest BCUT2D eigenvalue weighted by Crippen LogP contribution is -2.58. The van der Waals surface area contributed by atoms with Crippen molar-refractivity contribution in [2.75, 3.05) is 7.11 Å². The second kappa shape index (κ2) is 8.54. The van der Waals surface area contributed by atoms with E-state index < -0.39 is 11.4 Å². The van der Waals surface area contributed by atoms with Gasteiger partial charge < -0.3 is 14.6 Å². The zero-order valence-electron chi connectivity index (χ0n) is 21.6. The summed E-state index contributed by atoms with van der Waals surface area (Å²) in [5.74, 6) is 0.660. The number of nitriles is 1. The van der Waals surface area contributed by atoms with Crippen LogP contribution in [0.1, 0.15) is 83.3 Å². The minimum Gasteiger partial charge on any atom is -0.370 e. The molecule has 1 N–H and O–H groups in total. The molecule has 3 saturated carbocycles. The number of allylic oxidation sites excluding steroid dienone is 1. The molecule has 4 aliphatic carbocycles. The number of ketones is 1. The van der Waals surface area contributed by atoms with Crippen molar-refractivity contribution >= 4 is 5.78 Å². The number of carbonyl (C=O) groups excluding carboxylic acids is 1. The summed E-state index contributed by atoms with van der Waals surface area (Å²) in [6.45, 7) is 6.76. The highest BCUT2D eigenvalue weighted by Gasteiger charge is 2.66. The molecule has 5 heteroatoms. The molecule has 0 radical (unpaired) electrons. The maximum absolute atomic E-state index is 12.8. The van der Waals surface area contributed by atoms with E-state index >= 15 is 0 Å². The van der Waals surface area contributed by atoms with Crippen molar-refractivity contribution in [1.82, 2.24) is 0 Å². The number of rotatable bonds is 5. The Bertz CT molecular complexity index is 1070. The van der Waals surface area contributed by atoms with Crippen molar-refractivity contribution in [3.05, 3.63) is 47.0 Å². The fourth-order valence-electron chi connectivity index (χ4n) is 8.69. The maximum atomic E-state index is 12.8. The van der Waals surface area contributed by atoms with E-state index in [0.717, 1.165) is 44.1 Å². The molecule has 4 aliphatic rings. The van der Waals surface area contributed by atoms with Gasteiger partial charge in [0.1, 0.15) is 5.60 Å². The van der Waals surface area contributed by atoms with Crippen LogP contribution in [0.5, 0.6) is 0 Å². The van der Waals surface area contributed by atoms with Crippen LogP contribution in [-0.2, 0) is 20.9 Å². The predicted octanol–water partition coefficient (Wildman–Crippen LogP) is 5.70. The summed E-state index contributed by atoms with van der Waals surface area (Å²) in [7, 11) is 1.72. The van der Waals surface area contributed by atoms with Gasteiger partial charge in [0.15, 0.2) is 11.6 Å². The van der Waals surface area contributed by atoms with E-state index in [4.69, 9.17) is 14.7 Å². The SMILES string of the molecule is CO[C@]1(C(C)=O)CC[C@H]2[C@@H]3CC=C4CC(O)(OCc5ccc(C#N)cc5)CC[C@]4(C)[C@H]3CC[C@@]21C. The van der Waals surface area contributed by atoms with E-state index in [1.54, 1.807) is 26.2 Å². The summed E-state index contributed by atoms with van der Waals surface area (Å²) in [6.07, 6.45) is 9.51. The molecule has 0 spiro atoms. The zero-order chi connectivity index (χ0) is 25.1. The van der Waals surface area contributed by atoms with E-state index in [9.17, 15) is 9.90 Å². The molecule has 0 heterocycles. The molecule has 188 valence electrons. The molecule has 5 nitrogen and oxygen atoms in total. The average Bonchev–Trinajstić information content (AvgIpc) is 3.17. The van der Waals surface area contributed by atoms with Crippen LogP contribution in [0.3, 0.4) is 0 Å². The normalized spacial score (nSPS) is 42.3. The van der Waals surface area contributed by atoms with E-state index in [1.165, 1.54) is 5.57 Å². The van der Waals surface area contributed by atoms with Crippen LogP contribution in [0.4, 0.5) is 0 Å². The molecular weight excluding hydrogens is 438 g/mol. The Labute approximate surface area is 209 Å². The topological polar surface area (TPSA) is 79.6 Å². The lowest BCUT2D eigenvalue weighted by atomic mass is 9.46. The average molecular weight is 478 g/mol. The molecule has 3 fully saturated rings. The van der Waals surface area contributed by atoms with Crippen molar-refractivity contribution in [2.24, 2.45) is 28.6 Å². The number of methoxy groups -OCH3 is 1. The first-order valence-corrected chi connectivity index (χ1v) is 13.2. The van der Waals surface area contributed by atoms with Crippen molar-refractivity contribution < 1.29 is 19.4 Å². The third-order valence-electron chi connectivity index (χ3n) is 10.8. The van der Waals surface area contributed by atoms with Gasteiger partial charge >= 0.3 is 0 Å². The third-order valence-corrected chi connectivity index (χ3v) is 10.8. The van der Waals surface area contributed by atoms with Gasteiger partial charge in [-0.25, -0.2) is 0 Å². The van der Waals surface area contributed by atoms with Gasteiger partial charge in [-0.05, 0) is 86.3 Å². The first-order chi connectivity index (χ1) is 16.6. The molecule has 0 bridgehead atoms. The lowest BCUT2D eigenvalue weighted by molar-refractivity contribution is -0.232. The Hall–Kier alpha value is -2.00. The molecule has 1 unspecified atom stereocenters. The Morgan fingerprint density at radius 1 is 1.11 bits per heavy atom. The van der Waals surface area contributed by atoms with Crippen molar-refractivity contribution in [3.63, 3.8) is 0 Å². The van der Waals surface area contributed by atoms with Crippen LogP contribution < -0.4 is 0 Å². The summed E-state index contributed by atoms with van der Waals surface area (Å²) in [5.41, 5.74) is 2.26. The molecule has 0 aliphatic heterocycles. The van der Waals surface area contributed by atoms with Gasteiger partial charge in [0, 0.05) is 25.4 Å². The number of hydrogen-bond acceptors (Lipinski definition) is 5. The molecule has 0 saturated heterocycles. The first kappa shape index (κ1) is 24.7. The smallest absolute Gasteiger partial charge is 0.169 e. The summed E-state index contributed by atoms with van der Waals surface area (Å²) in [6, 6.07) is 9.49. The highest BCUT2D eigenvalue weighted by molar-refractivity contribution is 5.86. The van der Waals surface area contributed by atoms with E-state index in [2.05, 4.69) is 26.0 Å². The first-order valence-electron chi connectivity index (χ1n) is 13.2. The van der Waals surface area contributed by atoms with Crippen molar-refractivity contribution in [1.29, 1.82) is 5.26 Å². The number of aliphatic hydroxyl groups is 1. The monoisotopic (exact) mass is 477 g/mol. The van der Waals surface area contributed by atoms with Crippen LogP contribution in [0, 0.1) is 39.9 Å². The zero-order valence-corrected chi connectivity index (χ0v) is 21.6. The number of ether oxygens (including phenoxy) is 2. The Balaban J connectivity index is 1.33. The van der Waals surface area contributed by atoms with Crippen LogP contribution in [0.25, 0.3) is 0 Å². The van der Waals surface area contributed by atoms with E-state index in [0.29, 0.717) is 42.8 Å². The molecule has 35 heavy (non-hydrogen) atoms. The van der Waals surface area contributed by atoms with Crippen LogP contribution in [-0.4, -0.2) is 29.4 Å². The van der Waals surface area contributed by atoms with Gasteiger partial charge in [-0.2, -0.15) is 5.26 Å². The number of Topliss-reactive ketones (excluding diaryl/α,β-unsaturated/α-hetero) is 1. The Morgan fingerprint density at radius 3 is 2.49 bits per heavy atom. The van der Waals surface area contributed by atoms with Gasteiger partial charge in [0.2, 0.25) is 0 Å². The number of fused-ring (bicyclic) bond motifs is 5. The Kier molecular flexibility index (Phi) is 6.02.